The highest BCUT2D eigenvalue weighted by molar-refractivity contribution is 7.89. The van der Waals surface area contributed by atoms with Crippen molar-refractivity contribution in [1.29, 1.82) is 0 Å². The van der Waals surface area contributed by atoms with Crippen molar-refractivity contribution in [2.45, 2.75) is 23.8 Å². The maximum atomic E-state index is 13.8. The smallest absolute Gasteiger partial charge is 0.246 e. The number of piperidine rings is 1. The third-order valence-electron chi connectivity index (χ3n) is 4.16. The molecule has 0 radical (unpaired) electrons. The number of nitrogens with zero attached hydrogens (tertiary/aromatic N) is 3. The van der Waals surface area contributed by atoms with Crippen LogP contribution in [0.15, 0.2) is 41.6 Å². The molecule has 0 amide bonds. The fourth-order valence-corrected chi connectivity index (χ4v) is 4.09. The van der Waals surface area contributed by atoms with Gasteiger partial charge in [-0.2, -0.15) is 9.40 Å². The lowest BCUT2D eigenvalue weighted by Crippen LogP contribution is -2.43. The van der Waals surface area contributed by atoms with Crippen LogP contribution in [0.2, 0.25) is 0 Å². The minimum Gasteiger partial charge on any atom is -0.317 e. The molecule has 2 aromatic rings. The van der Waals surface area contributed by atoms with Crippen molar-refractivity contribution < 1.29 is 12.8 Å². The summed E-state index contributed by atoms with van der Waals surface area (Å²) in [5.74, 6) is -0.453. The maximum Gasteiger partial charge on any atom is 0.246 e. The Balaban J connectivity index is 1.88. The van der Waals surface area contributed by atoms with Crippen molar-refractivity contribution in [3.8, 4) is 5.69 Å². The zero-order valence-electron chi connectivity index (χ0n) is 12.8. The second-order valence-electron chi connectivity index (χ2n) is 5.57. The van der Waals surface area contributed by atoms with Gasteiger partial charge in [-0.1, -0.05) is 12.1 Å². The highest BCUT2D eigenvalue weighted by atomic mass is 32.2. The first-order valence-electron chi connectivity index (χ1n) is 7.48. The quantitative estimate of drug-likeness (QED) is 0.915. The fourth-order valence-electron chi connectivity index (χ4n) is 2.74. The Kier molecular flexibility index (Phi) is 4.47. The van der Waals surface area contributed by atoms with Crippen LogP contribution in [-0.2, 0) is 10.0 Å². The number of hydrogen-bond acceptors (Lipinski definition) is 4. The van der Waals surface area contributed by atoms with Gasteiger partial charge in [-0.05, 0) is 38.1 Å². The molecule has 1 aliphatic rings. The van der Waals surface area contributed by atoms with Crippen LogP contribution < -0.4 is 5.32 Å². The summed E-state index contributed by atoms with van der Waals surface area (Å²) in [5, 5.41) is 7.21. The number of aromatic nitrogens is 2. The molecule has 1 aliphatic heterocycles. The van der Waals surface area contributed by atoms with E-state index in [4.69, 9.17) is 0 Å². The number of rotatable bonds is 4. The average molecular weight is 338 g/mol. The molecule has 6 nitrogen and oxygen atoms in total. The lowest BCUT2D eigenvalue weighted by Gasteiger charge is -2.30. The maximum absolute atomic E-state index is 13.8. The molecule has 0 unspecified atom stereocenters. The number of hydrogen-bond donors (Lipinski definition) is 1. The summed E-state index contributed by atoms with van der Waals surface area (Å²) in [4.78, 5) is 0.0711. The van der Waals surface area contributed by atoms with E-state index < -0.39 is 15.8 Å². The first kappa shape index (κ1) is 16.1. The van der Waals surface area contributed by atoms with E-state index in [2.05, 4.69) is 10.4 Å². The zero-order valence-corrected chi connectivity index (χ0v) is 13.6. The lowest BCUT2D eigenvalue weighted by atomic mass is 10.1. The van der Waals surface area contributed by atoms with Crippen LogP contribution in [0.25, 0.3) is 5.69 Å². The van der Waals surface area contributed by atoms with Crippen LogP contribution in [0, 0.1) is 5.82 Å². The fraction of sp³-hybridized carbons (Fsp3) is 0.400. The van der Waals surface area contributed by atoms with Crippen LogP contribution in [0.1, 0.15) is 12.8 Å². The van der Waals surface area contributed by atoms with Gasteiger partial charge in [-0.3, -0.25) is 0 Å². The molecule has 0 atom stereocenters. The number of halogens is 1. The Morgan fingerprint density at radius 1 is 1.30 bits per heavy atom. The number of para-hydroxylation sites is 1. The van der Waals surface area contributed by atoms with Gasteiger partial charge in [0.05, 0.1) is 12.4 Å². The SMILES string of the molecule is CN(C1CCNCC1)S(=O)(=O)c1cnn(-c2ccccc2F)c1. The monoisotopic (exact) mass is 338 g/mol. The van der Waals surface area contributed by atoms with Gasteiger partial charge in [0.2, 0.25) is 10.0 Å². The van der Waals surface area contributed by atoms with Crippen LogP contribution in [0.4, 0.5) is 4.39 Å². The second kappa shape index (κ2) is 6.38. The first-order chi connectivity index (χ1) is 11.0. The lowest BCUT2D eigenvalue weighted by molar-refractivity contribution is 0.296. The number of nitrogens with one attached hydrogen (secondary N) is 1. The highest BCUT2D eigenvalue weighted by Gasteiger charge is 2.30. The van der Waals surface area contributed by atoms with Crippen LogP contribution in [-0.4, -0.2) is 48.7 Å². The average Bonchev–Trinajstić information content (AvgIpc) is 3.06. The molecule has 0 aliphatic carbocycles. The summed E-state index contributed by atoms with van der Waals surface area (Å²) >= 11 is 0. The van der Waals surface area contributed by atoms with E-state index in [9.17, 15) is 12.8 Å². The molecule has 0 saturated carbocycles. The summed E-state index contributed by atoms with van der Waals surface area (Å²) in [7, 11) is -2.05. The molecule has 3 rings (SSSR count). The molecular formula is C15H19FN4O2S. The summed E-state index contributed by atoms with van der Waals surface area (Å²) < 4.78 is 41.9. The molecule has 8 heteroatoms. The summed E-state index contributed by atoms with van der Waals surface area (Å²) in [5.41, 5.74) is 0.221. The van der Waals surface area contributed by atoms with E-state index in [-0.39, 0.29) is 16.6 Å². The Hall–Kier alpha value is -1.77. The van der Waals surface area contributed by atoms with Gasteiger partial charge in [0, 0.05) is 13.1 Å². The second-order valence-corrected chi connectivity index (χ2v) is 7.57. The summed E-state index contributed by atoms with van der Waals surface area (Å²) in [6.07, 6.45) is 4.17. The molecule has 1 fully saturated rings. The Morgan fingerprint density at radius 2 is 2.00 bits per heavy atom. The largest absolute Gasteiger partial charge is 0.317 e. The minimum atomic E-state index is -3.64. The molecule has 2 heterocycles. The van der Waals surface area contributed by atoms with Gasteiger partial charge >= 0.3 is 0 Å². The Bertz CT molecular complexity index is 784. The van der Waals surface area contributed by atoms with Gasteiger partial charge in [0.25, 0.3) is 0 Å². The van der Waals surface area contributed by atoms with E-state index in [1.165, 1.54) is 27.4 Å². The highest BCUT2D eigenvalue weighted by Crippen LogP contribution is 2.22. The predicted octanol–water partition coefficient (Wildman–Crippen LogP) is 1.38. The van der Waals surface area contributed by atoms with Crippen LogP contribution in [0.3, 0.4) is 0 Å². The van der Waals surface area contributed by atoms with E-state index in [0.29, 0.717) is 0 Å². The normalized spacial score (nSPS) is 16.8. The number of sulfonamides is 1. The molecule has 1 saturated heterocycles. The molecule has 1 aromatic heterocycles. The third-order valence-corrected chi connectivity index (χ3v) is 6.02. The van der Waals surface area contributed by atoms with Crippen molar-refractivity contribution in [3.63, 3.8) is 0 Å². The molecule has 1 N–H and O–H groups in total. The summed E-state index contributed by atoms with van der Waals surface area (Å²) in [6, 6.07) is 6.08. The molecule has 0 bridgehead atoms. The van der Waals surface area contributed by atoms with Crippen molar-refractivity contribution in [3.05, 3.63) is 42.5 Å². The van der Waals surface area contributed by atoms with E-state index in [1.54, 1.807) is 25.2 Å². The standard InChI is InChI=1S/C15H19FN4O2S/c1-19(12-6-8-17-9-7-12)23(21,22)13-10-18-20(11-13)15-5-3-2-4-14(15)16/h2-5,10-12,17H,6-9H2,1H3. The van der Waals surface area contributed by atoms with E-state index >= 15 is 0 Å². The Labute approximate surface area is 135 Å². The molecule has 23 heavy (non-hydrogen) atoms. The van der Waals surface area contributed by atoms with Crippen molar-refractivity contribution >= 4 is 10.0 Å². The van der Waals surface area contributed by atoms with E-state index in [1.807, 2.05) is 0 Å². The van der Waals surface area contributed by atoms with Crippen molar-refractivity contribution in [1.82, 2.24) is 19.4 Å². The van der Waals surface area contributed by atoms with Crippen LogP contribution >= 0.6 is 0 Å². The van der Waals surface area contributed by atoms with Crippen molar-refractivity contribution in [2.24, 2.45) is 0 Å². The van der Waals surface area contributed by atoms with Crippen LogP contribution in [0.5, 0.6) is 0 Å². The van der Waals surface area contributed by atoms with Gasteiger partial charge in [0.1, 0.15) is 16.4 Å². The Morgan fingerprint density at radius 3 is 2.70 bits per heavy atom. The number of benzene rings is 1. The zero-order chi connectivity index (χ0) is 16.4. The minimum absolute atomic E-state index is 0.0296. The molecule has 1 aromatic carbocycles. The van der Waals surface area contributed by atoms with E-state index in [0.717, 1.165) is 25.9 Å². The van der Waals surface area contributed by atoms with Gasteiger partial charge in [-0.15, -0.1) is 0 Å². The summed E-state index contributed by atoms with van der Waals surface area (Å²) in [6.45, 7) is 1.61. The third kappa shape index (κ3) is 3.15. The van der Waals surface area contributed by atoms with Gasteiger partial charge in [0.15, 0.2) is 0 Å². The first-order valence-corrected chi connectivity index (χ1v) is 8.92. The molecule has 0 spiro atoms. The molecular weight excluding hydrogens is 319 g/mol. The molecule has 124 valence electrons. The topological polar surface area (TPSA) is 67.2 Å². The van der Waals surface area contributed by atoms with Crippen molar-refractivity contribution in [2.75, 3.05) is 20.1 Å². The van der Waals surface area contributed by atoms with Gasteiger partial charge in [-0.25, -0.2) is 17.5 Å². The predicted molar refractivity (Wildman–Crippen MR) is 84.4 cm³/mol. The van der Waals surface area contributed by atoms with Gasteiger partial charge < -0.3 is 5.32 Å².